The van der Waals surface area contributed by atoms with Gasteiger partial charge in [0.25, 0.3) is 0 Å². The first-order valence-electron chi connectivity index (χ1n) is 17.8. The first-order chi connectivity index (χ1) is 26.3. The van der Waals surface area contributed by atoms with Crippen molar-refractivity contribution in [3.8, 4) is 44.0 Å². The van der Waals surface area contributed by atoms with E-state index in [4.69, 9.17) is 9.40 Å². The van der Waals surface area contributed by atoms with Gasteiger partial charge in [-0.25, -0.2) is 4.98 Å². The molecule has 2 aromatic heterocycles. The van der Waals surface area contributed by atoms with Crippen LogP contribution in [0.5, 0.6) is 0 Å². The summed E-state index contributed by atoms with van der Waals surface area (Å²) < 4.78 is 7.61. The molecule has 0 fully saturated rings. The van der Waals surface area contributed by atoms with Crippen molar-refractivity contribution in [2.24, 2.45) is 0 Å². The van der Waals surface area contributed by atoms with Crippen molar-refractivity contribution in [3.05, 3.63) is 194 Å². The third-order valence-corrected chi connectivity index (χ3v) is 11.1. The van der Waals surface area contributed by atoms with Crippen molar-refractivity contribution in [3.63, 3.8) is 0 Å². The quantitative estimate of drug-likeness (QED) is 0.166. The summed E-state index contributed by atoms with van der Waals surface area (Å²) in [6.07, 6.45) is 0. The molecule has 0 bridgehead atoms. The normalized spacial score (nSPS) is 11.4. The molecule has 10 rings (SSSR count). The second kappa shape index (κ2) is 13.1. The summed E-state index contributed by atoms with van der Waals surface area (Å²) in [6.45, 7) is 0. The van der Waals surface area contributed by atoms with Crippen LogP contribution in [0.4, 0.5) is 17.1 Å². The lowest BCUT2D eigenvalue weighted by Gasteiger charge is -2.26. The van der Waals surface area contributed by atoms with Gasteiger partial charge in [0.05, 0.1) is 10.2 Å². The number of furan rings is 1. The number of hydrogen-bond acceptors (Lipinski definition) is 4. The largest absolute Gasteiger partial charge is 0.456 e. The van der Waals surface area contributed by atoms with Gasteiger partial charge in [0, 0.05) is 45.0 Å². The first kappa shape index (κ1) is 31.0. The Morgan fingerprint density at radius 3 is 1.42 bits per heavy atom. The van der Waals surface area contributed by atoms with Crippen LogP contribution in [0.15, 0.2) is 199 Å². The zero-order chi connectivity index (χ0) is 35.1. The van der Waals surface area contributed by atoms with E-state index in [1.807, 2.05) is 18.2 Å². The average molecular weight is 697 g/mol. The highest BCUT2D eigenvalue weighted by atomic mass is 32.1. The summed E-state index contributed by atoms with van der Waals surface area (Å²) in [4.78, 5) is 7.45. The lowest BCUT2D eigenvalue weighted by Crippen LogP contribution is -2.09. The van der Waals surface area contributed by atoms with Crippen LogP contribution in [-0.4, -0.2) is 4.98 Å². The molecule has 0 saturated carbocycles. The van der Waals surface area contributed by atoms with E-state index in [2.05, 4.69) is 181 Å². The molecule has 250 valence electrons. The van der Waals surface area contributed by atoms with Gasteiger partial charge in [-0.2, -0.15) is 0 Å². The minimum Gasteiger partial charge on any atom is -0.456 e. The number of nitrogens with zero attached hydrogens (tertiary/aromatic N) is 2. The van der Waals surface area contributed by atoms with Crippen LogP contribution in [0.2, 0.25) is 0 Å². The fourth-order valence-corrected chi connectivity index (χ4v) is 8.46. The van der Waals surface area contributed by atoms with Gasteiger partial charge in [-0.05, 0) is 70.3 Å². The Morgan fingerprint density at radius 2 is 0.868 bits per heavy atom. The minimum atomic E-state index is 0.848. The molecule has 8 aromatic carbocycles. The van der Waals surface area contributed by atoms with Crippen molar-refractivity contribution in [2.75, 3.05) is 4.90 Å². The smallest absolute Gasteiger partial charge is 0.138 e. The SMILES string of the molecule is c1ccc(-c2ccc(N(c3ccc(-c4ccccc4)cc3)c3ccc(-c4c5sc(-c6ccccc6)nc5cc5oc6ccccc6c45)cc3)cc2)cc1. The molecule has 0 N–H and O–H groups in total. The molecule has 0 amide bonds. The number of hydrogen-bond donors (Lipinski definition) is 0. The first-order valence-corrected chi connectivity index (χ1v) is 18.6. The van der Waals surface area contributed by atoms with Gasteiger partial charge < -0.3 is 9.32 Å². The number of rotatable bonds is 7. The molecule has 53 heavy (non-hydrogen) atoms. The van der Waals surface area contributed by atoms with E-state index in [9.17, 15) is 0 Å². The van der Waals surface area contributed by atoms with E-state index < -0.39 is 0 Å². The molecular formula is C49H32N2OS. The van der Waals surface area contributed by atoms with Gasteiger partial charge in [0.2, 0.25) is 0 Å². The Labute approximate surface area is 311 Å². The molecule has 0 atom stereocenters. The molecule has 0 unspecified atom stereocenters. The summed E-state index contributed by atoms with van der Waals surface area (Å²) in [6, 6.07) is 68.6. The summed E-state index contributed by atoms with van der Waals surface area (Å²) in [5.41, 5.74) is 14.1. The van der Waals surface area contributed by atoms with Gasteiger partial charge in [-0.3, -0.25) is 0 Å². The van der Waals surface area contributed by atoms with Gasteiger partial charge in [-0.15, -0.1) is 11.3 Å². The van der Waals surface area contributed by atoms with Gasteiger partial charge >= 0.3 is 0 Å². The number of fused-ring (bicyclic) bond motifs is 4. The fourth-order valence-electron chi connectivity index (χ4n) is 7.34. The third-order valence-electron chi connectivity index (χ3n) is 9.92. The predicted molar refractivity (Wildman–Crippen MR) is 223 cm³/mol. The summed E-state index contributed by atoms with van der Waals surface area (Å²) in [5.74, 6) is 0. The van der Waals surface area contributed by atoms with Crippen LogP contribution >= 0.6 is 11.3 Å². The number of aromatic nitrogens is 1. The number of thiazole rings is 1. The Kier molecular flexibility index (Phi) is 7.67. The van der Waals surface area contributed by atoms with E-state index in [0.29, 0.717) is 0 Å². The lowest BCUT2D eigenvalue weighted by molar-refractivity contribution is 0.669. The van der Waals surface area contributed by atoms with Crippen LogP contribution in [0.1, 0.15) is 0 Å². The van der Waals surface area contributed by atoms with Crippen molar-refractivity contribution in [1.29, 1.82) is 0 Å². The van der Waals surface area contributed by atoms with Crippen LogP contribution in [0.25, 0.3) is 76.1 Å². The van der Waals surface area contributed by atoms with Crippen LogP contribution in [-0.2, 0) is 0 Å². The van der Waals surface area contributed by atoms with Crippen molar-refractivity contribution in [1.82, 2.24) is 4.98 Å². The van der Waals surface area contributed by atoms with Crippen LogP contribution in [0.3, 0.4) is 0 Å². The molecular weight excluding hydrogens is 665 g/mol. The molecule has 0 aliphatic heterocycles. The van der Waals surface area contributed by atoms with Crippen molar-refractivity contribution >= 4 is 60.6 Å². The molecule has 4 heteroatoms. The highest BCUT2D eigenvalue weighted by Crippen LogP contribution is 2.46. The van der Waals surface area contributed by atoms with Gasteiger partial charge in [-0.1, -0.05) is 146 Å². The summed E-state index contributed by atoms with van der Waals surface area (Å²) in [7, 11) is 0. The monoisotopic (exact) mass is 696 g/mol. The molecule has 2 heterocycles. The molecule has 10 aromatic rings. The lowest BCUT2D eigenvalue weighted by atomic mass is 9.98. The molecule has 0 radical (unpaired) electrons. The number of benzene rings is 8. The second-order valence-corrected chi connectivity index (χ2v) is 14.2. The summed E-state index contributed by atoms with van der Waals surface area (Å²) >= 11 is 1.74. The predicted octanol–water partition coefficient (Wildman–Crippen LogP) is 14.3. The highest BCUT2D eigenvalue weighted by molar-refractivity contribution is 7.22. The Hall–Kier alpha value is -6.75. The molecule has 0 aliphatic carbocycles. The molecule has 0 aliphatic rings. The van der Waals surface area contributed by atoms with E-state index in [1.54, 1.807) is 11.3 Å². The van der Waals surface area contributed by atoms with Crippen LogP contribution in [0, 0.1) is 0 Å². The number of para-hydroxylation sites is 1. The maximum atomic E-state index is 6.45. The standard InChI is InChI=1S/C49H32N2OS/c1-4-12-33(13-5-1)35-20-26-39(27-21-35)51(40-28-22-36(23-29-40)34-14-6-2-7-15-34)41-30-24-37(25-31-41)46-47-42-18-10-11-19-44(42)52-45(47)32-43-48(46)53-49(50-43)38-16-8-3-9-17-38/h1-32H. The molecule has 0 spiro atoms. The highest BCUT2D eigenvalue weighted by Gasteiger charge is 2.21. The zero-order valence-corrected chi connectivity index (χ0v) is 29.5. The maximum Gasteiger partial charge on any atom is 0.138 e. The Morgan fingerprint density at radius 1 is 0.415 bits per heavy atom. The topological polar surface area (TPSA) is 29.3 Å². The molecule has 0 saturated heterocycles. The molecule has 3 nitrogen and oxygen atoms in total. The average Bonchev–Trinajstić information content (AvgIpc) is 3.83. The van der Waals surface area contributed by atoms with Crippen molar-refractivity contribution < 1.29 is 4.42 Å². The van der Waals surface area contributed by atoms with E-state index in [-0.39, 0.29) is 0 Å². The second-order valence-electron chi connectivity index (χ2n) is 13.2. The number of anilines is 3. The van der Waals surface area contributed by atoms with Gasteiger partial charge in [0.1, 0.15) is 16.2 Å². The zero-order valence-electron chi connectivity index (χ0n) is 28.7. The Bertz CT molecular complexity index is 2760. The van der Waals surface area contributed by atoms with Crippen molar-refractivity contribution in [2.45, 2.75) is 0 Å². The Balaban J connectivity index is 1.11. The maximum absolute atomic E-state index is 6.45. The summed E-state index contributed by atoms with van der Waals surface area (Å²) in [5, 5.41) is 3.23. The van der Waals surface area contributed by atoms with E-state index >= 15 is 0 Å². The van der Waals surface area contributed by atoms with Gasteiger partial charge in [0.15, 0.2) is 0 Å². The minimum absolute atomic E-state index is 0.848. The fraction of sp³-hybridized carbons (Fsp3) is 0. The van der Waals surface area contributed by atoms with Crippen LogP contribution < -0.4 is 4.90 Å². The van der Waals surface area contributed by atoms with E-state index in [0.717, 1.165) is 70.9 Å². The van der Waals surface area contributed by atoms with E-state index in [1.165, 1.54) is 22.3 Å². The third kappa shape index (κ3) is 5.66.